The lowest BCUT2D eigenvalue weighted by Crippen LogP contribution is -2.58. The second-order valence-corrected chi connectivity index (χ2v) is 10.2. The standard InChI is InChI=1S/C26H27FO5S/c1-14-12-26(25(30)24(29)23(14)28)20-10-16(21(31-2)11-17(20)13-32-26)9-19-7-8-22(33-19)15-3-5-18(27)6-4-15/h3-8,10-11,14,23-25,28-30H,9,12-13H2,1-2H3/t14-,23+,24-,25+,26+/m0/s1. The molecule has 0 unspecified atom stereocenters. The van der Waals surface area contributed by atoms with Crippen LogP contribution in [0.5, 0.6) is 5.75 Å². The van der Waals surface area contributed by atoms with Crippen molar-refractivity contribution < 1.29 is 29.2 Å². The van der Waals surface area contributed by atoms with Crippen LogP contribution in [0.3, 0.4) is 0 Å². The Morgan fingerprint density at radius 2 is 1.85 bits per heavy atom. The fourth-order valence-corrected chi connectivity index (χ4v) is 6.19. The summed E-state index contributed by atoms with van der Waals surface area (Å²) in [5.41, 5.74) is 2.63. The summed E-state index contributed by atoms with van der Waals surface area (Å²) in [6, 6.07) is 14.5. The molecule has 1 aliphatic heterocycles. The minimum Gasteiger partial charge on any atom is -0.496 e. The molecule has 0 amide bonds. The predicted octanol–water partition coefficient (Wildman–Crippen LogP) is 4.00. The third-order valence-corrected chi connectivity index (χ3v) is 8.10. The third kappa shape index (κ3) is 3.78. The topological polar surface area (TPSA) is 79.2 Å². The van der Waals surface area contributed by atoms with Crippen LogP contribution in [0.1, 0.15) is 34.9 Å². The monoisotopic (exact) mass is 470 g/mol. The molecular weight excluding hydrogens is 443 g/mol. The lowest BCUT2D eigenvalue weighted by Gasteiger charge is -2.46. The summed E-state index contributed by atoms with van der Waals surface area (Å²) in [4.78, 5) is 2.17. The van der Waals surface area contributed by atoms with Gasteiger partial charge >= 0.3 is 0 Å². The van der Waals surface area contributed by atoms with E-state index >= 15 is 0 Å². The minimum absolute atomic E-state index is 0.226. The molecule has 1 saturated carbocycles. The number of hydrogen-bond donors (Lipinski definition) is 3. The summed E-state index contributed by atoms with van der Waals surface area (Å²) in [7, 11) is 1.63. The van der Waals surface area contributed by atoms with Crippen LogP contribution in [0.25, 0.3) is 10.4 Å². The van der Waals surface area contributed by atoms with Crippen molar-refractivity contribution in [3.8, 4) is 16.2 Å². The maximum Gasteiger partial charge on any atom is 0.123 e. The van der Waals surface area contributed by atoms with Crippen molar-refractivity contribution in [2.75, 3.05) is 7.11 Å². The third-order valence-electron chi connectivity index (χ3n) is 6.96. The van der Waals surface area contributed by atoms with Gasteiger partial charge in [0, 0.05) is 16.2 Å². The largest absolute Gasteiger partial charge is 0.496 e. The Labute approximate surface area is 196 Å². The Morgan fingerprint density at radius 3 is 2.58 bits per heavy atom. The first-order valence-electron chi connectivity index (χ1n) is 11.1. The van der Waals surface area contributed by atoms with Crippen molar-refractivity contribution in [2.24, 2.45) is 5.92 Å². The van der Waals surface area contributed by atoms with Gasteiger partial charge in [-0.05, 0) is 71.0 Å². The van der Waals surface area contributed by atoms with E-state index in [-0.39, 0.29) is 11.7 Å². The summed E-state index contributed by atoms with van der Waals surface area (Å²) < 4.78 is 25.1. The highest BCUT2D eigenvalue weighted by atomic mass is 32.1. The molecule has 3 aromatic rings. The van der Waals surface area contributed by atoms with Gasteiger partial charge in [-0.15, -0.1) is 11.3 Å². The number of aliphatic hydroxyl groups is 3. The first-order valence-corrected chi connectivity index (χ1v) is 11.9. The highest BCUT2D eigenvalue weighted by Crippen LogP contribution is 2.50. The molecule has 5 rings (SSSR count). The van der Waals surface area contributed by atoms with E-state index in [0.29, 0.717) is 19.4 Å². The van der Waals surface area contributed by atoms with E-state index in [9.17, 15) is 19.7 Å². The van der Waals surface area contributed by atoms with E-state index in [1.54, 1.807) is 30.6 Å². The van der Waals surface area contributed by atoms with Crippen molar-refractivity contribution in [1.29, 1.82) is 0 Å². The SMILES string of the molecule is COc1cc2c(cc1Cc1ccc(-c3ccc(F)cc3)s1)[C@@]1(C[C@H](C)[C@@H](O)[C@H](O)[C@H]1O)OC2. The molecule has 2 aromatic carbocycles. The molecule has 1 aromatic heterocycles. The van der Waals surface area contributed by atoms with E-state index < -0.39 is 23.9 Å². The van der Waals surface area contributed by atoms with Gasteiger partial charge in [-0.1, -0.05) is 19.1 Å². The molecule has 2 aliphatic rings. The molecular formula is C26H27FO5S. The van der Waals surface area contributed by atoms with Crippen LogP contribution in [0, 0.1) is 11.7 Å². The fourth-order valence-electron chi connectivity index (χ4n) is 5.16. The smallest absolute Gasteiger partial charge is 0.123 e. The number of aliphatic hydroxyl groups excluding tert-OH is 3. The maximum absolute atomic E-state index is 13.3. The second kappa shape index (κ2) is 8.49. The van der Waals surface area contributed by atoms with E-state index in [4.69, 9.17) is 9.47 Å². The summed E-state index contributed by atoms with van der Waals surface area (Å²) in [6.07, 6.45) is -2.46. The van der Waals surface area contributed by atoms with Crippen LogP contribution < -0.4 is 4.74 Å². The van der Waals surface area contributed by atoms with Gasteiger partial charge in [0.15, 0.2) is 0 Å². The number of hydrogen-bond acceptors (Lipinski definition) is 6. The normalized spacial score (nSPS) is 28.8. The lowest BCUT2D eigenvalue weighted by atomic mass is 9.70. The van der Waals surface area contributed by atoms with Crippen LogP contribution in [0.4, 0.5) is 4.39 Å². The van der Waals surface area contributed by atoms with Gasteiger partial charge in [-0.25, -0.2) is 4.39 Å². The number of rotatable bonds is 4. The fraction of sp³-hybridized carbons (Fsp3) is 0.385. The molecule has 1 spiro atoms. The van der Waals surface area contributed by atoms with Crippen molar-refractivity contribution in [2.45, 2.75) is 50.3 Å². The van der Waals surface area contributed by atoms with E-state index in [2.05, 4.69) is 6.07 Å². The van der Waals surface area contributed by atoms with E-state index in [0.717, 1.165) is 37.8 Å². The maximum atomic E-state index is 13.3. The highest BCUT2D eigenvalue weighted by Gasteiger charge is 2.56. The number of fused-ring (bicyclic) bond motifs is 2. The average molecular weight is 471 g/mol. The molecule has 0 radical (unpaired) electrons. The van der Waals surface area contributed by atoms with Crippen molar-refractivity contribution >= 4 is 11.3 Å². The molecule has 33 heavy (non-hydrogen) atoms. The first kappa shape index (κ1) is 22.5. The van der Waals surface area contributed by atoms with Gasteiger partial charge in [0.1, 0.15) is 29.4 Å². The molecule has 5 atom stereocenters. The molecule has 2 heterocycles. The number of thiophene rings is 1. The van der Waals surface area contributed by atoms with Crippen molar-refractivity contribution in [3.63, 3.8) is 0 Å². The van der Waals surface area contributed by atoms with Gasteiger partial charge in [0.2, 0.25) is 0 Å². The van der Waals surface area contributed by atoms with Gasteiger partial charge < -0.3 is 24.8 Å². The van der Waals surface area contributed by atoms with Crippen LogP contribution in [-0.4, -0.2) is 40.7 Å². The van der Waals surface area contributed by atoms with Gasteiger partial charge in [0.05, 0.1) is 19.8 Å². The van der Waals surface area contributed by atoms with Gasteiger partial charge in [0.25, 0.3) is 0 Å². The Balaban J connectivity index is 1.49. The number of methoxy groups -OCH3 is 1. The van der Waals surface area contributed by atoms with Crippen molar-refractivity contribution in [3.05, 3.63) is 75.9 Å². The number of benzene rings is 2. The second-order valence-electron chi connectivity index (χ2n) is 9.06. The molecule has 0 saturated heterocycles. The number of ether oxygens (including phenoxy) is 2. The van der Waals surface area contributed by atoms with Gasteiger partial charge in [-0.3, -0.25) is 0 Å². The summed E-state index contributed by atoms with van der Waals surface area (Å²) in [5, 5.41) is 31.6. The summed E-state index contributed by atoms with van der Waals surface area (Å²) in [5.74, 6) is 0.256. The Bertz CT molecular complexity index is 1160. The molecule has 1 fully saturated rings. The molecule has 7 heteroatoms. The van der Waals surface area contributed by atoms with E-state index in [1.807, 2.05) is 25.1 Å². The van der Waals surface area contributed by atoms with Gasteiger partial charge in [-0.2, -0.15) is 0 Å². The predicted molar refractivity (Wildman–Crippen MR) is 124 cm³/mol. The Kier molecular flexibility index (Phi) is 5.79. The highest BCUT2D eigenvalue weighted by molar-refractivity contribution is 7.15. The zero-order chi connectivity index (χ0) is 23.3. The van der Waals surface area contributed by atoms with Crippen LogP contribution in [0.2, 0.25) is 0 Å². The zero-order valence-corrected chi connectivity index (χ0v) is 19.3. The molecule has 3 N–H and O–H groups in total. The Morgan fingerprint density at radius 1 is 1.09 bits per heavy atom. The molecule has 1 aliphatic carbocycles. The van der Waals surface area contributed by atoms with Crippen LogP contribution >= 0.6 is 11.3 Å². The molecule has 5 nitrogen and oxygen atoms in total. The molecule has 0 bridgehead atoms. The quantitative estimate of drug-likeness (QED) is 0.537. The zero-order valence-electron chi connectivity index (χ0n) is 18.5. The number of halogens is 1. The van der Waals surface area contributed by atoms with Crippen LogP contribution in [-0.2, 0) is 23.4 Å². The Hall–Kier alpha value is -2.29. The summed E-state index contributed by atoms with van der Waals surface area (Å²) >= 11 is 1.64. The first-order chi connectivity index (χ1) is 15.8. The summed E-state index contributed by atoms with van der Waals surface area (Å²) in [6.45, 7) is 2.17. The van der Waals surface area contributed by atoms with Crippen molar-refractivity contribution in [1.82, 2.24) is 0 Å². The van der Waals surface area contributed by atoms with Crippen LogP contribution in [0.15, 0.2) is 48.5 Å². The van der Waals surface area contributed by atoms with E-state index in [1.165, 1.54) is 12.1 Å². The average Bonchev–Trinajstić information content (AvgIpc) is 3.42. The molecule has 174 valence electrons. The lowest BCUT2D eigenvalue weighted by molar-refractivity contribution is -0.222. The minimum atomic E-state index is -1.28.